The Bertz CT molecular complexity index is 124. The maximum absolute atomic E-state index is 12.1. The molecule has 0 atom stereocenters. The third-order valence-electron chi connectivity index (χ3n) is 2.12. The molecule has 0 spiro atoms. The molecule has 0 aromatic rings. The molecule has 0 aliphatic heterocycles. The summed E-state index contributed by atoms with van der Waals surface area (Å²) in [6.45, 7) is 0. The van der Waals surface area contributed by atoms with E-state index in [4.69, 9.17) is 0 Å². The molecule has 0 amide bonds. The molecule has 11 heavy (non-hydrogen) atoms. The van der Waals surface area contributed by atoms with E-state index in [9.17, 15) is 13.2 Å². The molecule has 1 aliphatic carbocycles. The molecule has 0 aromatic heterocycles. The lowest BCUT2D eigenvalue weighted by Gasteiger charge is -2.26. The smallest absolute Gasteiger partial charge is 0.171 e. The summed E-state index contributed by atoms with van der Waals surface area (Å²) in [5, 5.41) is 0. The van der Waals surface area contributed by atoms with Gasteiger partial charge in [-0.25, -0.2) is 0 Å². The van der Waals surface area contributed by atoms with Gasteiger partial charge in [-0.1, -0.05) is 22.6 Å². The van der Waals surface area contributed by atoms with Gasteiger partial charge in [-0.2, -0.15) is 13.2 Å². The van der Waals surface area contributed by atoms with Crippen LogP contribution < -0.4 is 0 Å². The lowest BCUT2D eigenvalue weighted by molar-refractivity contribution is -0.181. The first-order chi connectivity index (χ1) is 5.00. The summed E-state index contributed by atoms with van der Waals surface area (Å²) >= 11 is 2.23. The average molecular weight is 278 g/mol. The van der Waals surface area contributed by atoms with E-state index in [1.807, 2.05) is 0 Å². The second-order valence-corrected chi connectivity index (χ2v) is 4.75. The molecule has 0 heterocycles. The van der Waals surface area contributed by atoms with Crippen molar-refractivity contribution in [2.75, 3.05) is 0 Å². The number of halogens is 4. The highest BCUT2D eigenvalue weighted by atomic mass is 127. The van der Waals surface area contributed by atoms with Crippen LogP contribution in [-0.2, 0) is 0 Å². The summed E-state index contributed by atoms with van der Waals surface area (Å²) < 4.78 is 36.7. The Labute approximate surface area is 77.7 Å². The van der Waals surface area contributed by atoms with E-state index in [0.717, 1.165) is 12.8 Å². The zero-order valence-corrected chi connectivity index (χ0v) is 8.15. The first kappa shape index (κ1) is 9.61. The number of alkyl halides is 4. The molecule has 66 valence electrons. The van der Waals surface area contributed by atoms with Crippen LogP contribution in [0.15, 0.2) is 0 Å². The fraction of sp³-hybridized carbons (Fsp3) is 1.00. The molecule has 0 radical (unpaired) electrons. The van der Waals surface area contributed by atoms with Gasteiger partial charge in [0.05, 0.1) is 5.92 Å². The molecule has 0 unspecified atom stereocenters. The lowest BCUT2D eigenvalue weighted by Crippen LogP contribution is -2.27. The van der Waals surface area contributed by atoms with E-state index < -0.39 is 12.1 Å². The van der Waals surface area contributed by atoms with E-state index >= 15 is 0 Å². The lowest BCUT2D eigenvalue weighted by atomic mass is 9.89. The van der Waals surface area contributed by atoms with Crippen LogP contribution in [0, 0.1) is 5.92 Å². The minimum Gasteiger partial charge on any atom is -0.171 e. The number of rotatable bonds is 0. The summed E-state index contributed by atoms with van der Waals surface area (Å²) in [7, 11) is 0. The van der Waals surface area contributed by atoms with E-state index in [0.29, 0.717) is 16.8 Å². The van der Waals surface area contributed by atoms with Crippen LogP contribution >= 0.6 is 22.6 Å². The molecule has 1 aliphatic rings. The van der Waals surface area contributed by atoms with E-state index in [1.165, 1.54) is 0 Å². The summed E-state index contributed by atoms with van der Waals surface area (Å²) in [4.78, 5) is 0. The van der Waals surface area contributed by atoms with Crippen LogP contribution in [0.3, 0.4) is 0 Å². The van der Waals surface area contributed by atoms with Crippen molar-refractivity contribution in [2.24, 2.45) is 5.92 Å². The second-order valence-electron chi connectivity index (χ2n) is 2.99. The minimum absolute atomic E-state index is 0.330. The predicted octanol–water partition coefficient (Wildman–Crippen LogP) is 3.54. The highest BCUT2D eigenvalue weighted by molar-refractivity contribution is 14.1. The average Bonchev–Trinajstić information content (AvgIpc) is 1.86. The fourth-order valence-electron chi connectivity index (χ4n) is 1.38. The highest BCUT2D eigenvalue weighted by Gasteiger charge is 2.40. The normalized spacial score (nSPS) is 33.8. The Kier molecular flexibility index (Phi) is 3.05. The van der Waals surface area contributed by atoms with Crippen LogP contribution in [0.25, 0.3) is 0 Å². The fourth-order valence-corrected chi connectivity index (χ4v) is 2.10. The maximum atomic E-state index is 12.1. The summed E-state index contributed by atoms with van der Waals surface area (Å²) in [6, 6.07) is 0. The SMILES string of the molecule is FC(F)(F)C1CCC(I)CC1. The van der Waals surface area contributed by atoms with Crippen LogP contribution in [0.1, 0.15) is 25.7 Å². The maximum Gasteiger partial charge on any atom is 0.391 e. The van der Waals surface area contributed by atoms with Crippen LogP contribution in [0.5, 0.6) is 0 Å². The summed E-state index contributed by atoms with van der Waals surface area (Å²) in [6.07, 6.45) is -1.83. The van der Waals surface area contributed by atoms with Crippen molar-refractivity contribution in [2.45, 2.75) is 35.8 Å². The van der Waals surface area contributed by atoms with Crippen molar-refractivity contribution in [3.05, 3.63) is 0 Å². The number of hydrogen-bond acceptors (Lipinski definition) is 0. The molecule has 1 saturated carbocycles. The highest BCUT2D eigenvalue weighted by Crippen LogP contribution is 2.39. The Morgan fingerprint density at radius 3 is 1.82 bits per heavy atom. The van der Waals surface area contributed by atoms with E-state index in [2.05, 4.69) is 22.6 Å². The van der Waals surface area contributed by atoms with Crippen LogP contribution in [0.2, 0.25) is 0 Å². The topological polar surface area (TPSA) is 0 Å². The van der Waals surface area contributed by atoms with Crippen molar-refractivity contribution in [3.63, 3.8) is 0 Å². The van der Waals surface area contributed by atoms with Gasteiger partial charge in [0.15, 0.2) is 0 Å². The van der Waals surface area contributed by atoms with Crippen molar-refractivity contribution < 1.29 is 13.2 Å². The van der Waals surface area contributed by atoms with Gasteiger partial charge in [0.2, 0.25) is 0 Å². The Hall–Kier alpha value is 0.520. The molecular formula is C7H10F3I. The quantitative estimate of drug-likeness (QED) is 0.469. The first-order valence-corrected chi connectivity index (χ1v) is 4.95. The zero-order valence-electron chi connectivity index (χ0n) is 5.99. The molecule has 0 bridgehead atoms. The second kappa shape index (κ2) is 3.49. The third kappa shape index (κ3) is 2.80. The number of hydrogen-bond donors (Lipinski definition) is 0. The molecule has 0 saturated heterocycles. The molecule has 1 rings (SSSR count). The monoisotopic (exact) mass is 278 g/mol. The third-order valence-corrected chi connectivity index (χ3v) is 3.37. The van der Waals surface area contributed by atoms with Crippen LogP contribution in [-0.4, -0.2) is 10.1 Å². The Balaban J connectivity index is 2.39. The molecule has 0 aromatic carbocycles. The van der Waals surface area contributed by atoms with Crippen molar-refractivity contribution in [1.29, 1.82) is 0 Å². The molecule has 0 nitrogen and oxygen atoms in total. The van der Waals surface area contributed by atoms with Crippen molar-refractivity contribution in [3.8, 4) is 0 Å². The molecule has 0 N–H and O–H groups in total. The van der Waals surface area contributed by atoms with Gasteiger partial charge >= 0.3 is 6.18 Å². The van der Waals surface area contributed by atoms with E-state index in [1.54, 1.807) is 0 Å². The zero-order chi connectivity index (χ0) is 8.48. The largest absolute Gasteiger partial charge is 0.391 e. The van der Waals surface area contributed by atoms with Gasteiger partial charge in [-0.05, 0) is 25.7 Å². The summed E-state index contributed by atoms with van der Waals surface area (Å²) in [5.74, 6) is -1.02. The van der Waals surface area contributed by atoms with Gasteiger partial charge in [0.1, 0.15) is 0 Å². The van der Waals surface area contributed by atoms with E-state index in [-0.39, 0.29) is 0 Å². The van der Waals surface area contributed by atoms with Gasteiger partial charge < -0.3 is 0 Å². The molecule has 1 fully saturated rings. The molecule has 4 heteroatoms. The summed E-state index contributed by atoms with van der Waals surface area (Å²) in [5.41, 5.74) is 0. The van der Waals surface area contributed by atoms with Crippen LogP contribution in [0.4, 0.5) is 13.2 Å². The standard InChI is InChI=1S/C7H10F3I/c8-7(9,10)5-1-3-6(11)4-2-5/h5-6H,1-4H2. The van der Waals surface area contributed by atoms with Crippen molar-refractivity contribution in [1.82, 2.24) is 0 Å². The Morgan fingerprint density at radius 2 is 1.45 bits per heavy atom. The van der Waals surface area contributed by atoms with Gasteiger partial charge in [0.25, 0.3) is 0 Å². The molecular weight excluding hydrogens is 268 g/mol. The van der Waals surface area contributed by atoms with Gasteiger partial charge in [-0.15, -0.1) is 0 Å². The Morgan fingerprint density at radius 1 is 1.00 bits per heavy atom. The first-order valence-electron chi connectivity index (χ1n) is 3.71. The van der Waals surface area contributed by atoms with Gasteiger partial charge in [-0.3, -0.25) is 0 Å². The van der Waals surface area contributed by atoms with Gasteiger partial charge in [0, 0.05) is 3.92 Å². The predicted molar refractivity (Wildman–Crippen MR) is 45.8 cm³/mol. The van der Waals surface area contributed by atoms with Crippen molar-refractivity contribution >= 4 is 22.6 Å². The minimum atomic E-state index is -3.95.